The number of morpholine rings is 1. The summed E-state index contributed by atoms with van der Waals surface area (Å²) in [6.45, 7) is 7.61. The Bertz CT molecular complexity index is 1540. The molecule has 178 valence electrons. The third kappa shape index (κ3) is 3.58. The van der Waals surface area contributed by atoms with Crippen LogP contribution in [-0.4, -0.2) is 66.9 Å². The van der Waals surface area contributed by atoms with Crippen molar-refractivity contribution in [2.75, 3.05) is 36.5 Å². The summed E-state index contributed by atoms with van der Waals surface area (Å²) >= 11 is 0. The van der Waals surface area contributed by atoms with Crippen LogP contribution >= 0.6 is 0 Å². The lowest BCUT2D eigenvalue weighted by atomic mass is 10.2. The number of amides is 1. The van der Waals surface area contributed by atoms with Gasteiger partial charge in [-0.3, -0.25) is 9.48 Å². The number of nitrogens with one attached hydrogen (secondary N) is 1. The standard InChI is InChI=1S/C23H23N9O3/c1-3-31-14(2)15(13-25-31)18-6-7-24-20-12-17(27-32(18)20)23(33)26-16-4-5-19(22-21(16)28-35-29-22)30-8-10-34-11-9-30/h4-7,12-13H,3,8-11H2,1-2H3,(H,26,33). The van der Waals surface area contributed by atoms with E-state index in [2.05, 4.69) is 35.7 Å². The second-order valence-corrected chi connectivity index (χ2v) is 8.24. The average molecular weight is 473 g/mol. The first-order valence-corrected chi connectivity index (χ1v) is 11.4. The van der Waals surface area contributed by atoms with Crippen LogP contribution in [0, 0.1) is 6.92 Å². The Hall–Kier alpha value is -4.32. The van der Waals surface area contributed by atoms with E-state index >= 15 is 0 Å². The molecule has 1 aliphatic rings. The van der Waals surface area contributed by atoms with E-state index in [1.807, 2.05) is 30.7 Å². The third-order valence-electron chi connectivity index (χ3n) is 6.26. The van der Waals surface area contributed by atoms with Gasteiger partial charge in [0, 0.05) is 43.2 Å². The van der Waals surface area contributed by atoms with E-state index in [9.17, 15) is 4.79 Å². The predicted octanol–water partition coefficient (Wildman–Crippen LogP) is 2.55. The molecular formula is C23H23N9O3. The Morgan fingerprint density at radius 1 is 1.14 bits per heavy atom. The van der Waals surface area contributed by atoms with Crippen molar-refractivity contribution < 1.29 is 14.2 Å². The summed E-state index contributed by atoms with van der Waals surface area (Å²) in [5.41, 5.74) is 6.01. The minimum Gasteiger partial charge on any atom is -0.378 e. The van der Waals surface area contributed by atoms with Gasteiger partial charge in [0.05, 0.1) is 36.5 Å². The van der Waals surface area contributed by atoms with Gasteiger partial charge in [-0.05, 0) is 42.4 Å². The van der Waals surface area contributed by atoms with Crippen molar-refractivity contribution in [1.82, 2.24) is 34.7 Å². The van der Waals surface area contributed by atoms with Gasteiger partial charge in [0.15, 0.2) is 22.4 Å². The van der Waals surface area contributed by atoms with Gasteiger partial charge in [0.2, 0.25) is 0 Å². The van der Waals surface area contributed by atoms with Crippen LogP contribution in [0.1, 0.15) is 23.1 Å². The van der Waals surface area contributed by atoms with E-state index in [0.717, 1.165) is 42.3 Å². The molecule has 1 aromatic carbocycles. The molecule has 12 nitrogen and oxygen atoms in total. The number of ether oxygens (including phenoxy) is 1. The van der Waals surface area contributed by atoms with E-state index in [-0.39, 0.29) is 11.6 Å². The molecule has 1 N–H and O–H groups in total. The largest absolute Gasteiger partial charge is 0.378 e. The number of hydrogen-bond donors (Lipinski definition) is 1. The Morgan fingerprint density at radius 2 is 1.97 bits per heavy atom. The first-order chi connectivity index (χ1) is 17.1. The zero-order valence-electron chi connectivity index (χ0n) is 19.3. The smallest absolute Gasteiger partial charge is 0.276 e. The normalized spacial score (nSPS) is 14.2. The minimum atomic E-state index is -0.383. The summed E-state index contributed by atoms with van der Waals surface area (Å²) in [4.78, 5) is 19.7. The fourth-order valence-electron chi connectivity index (χ4n) is 4.43. The molecule has 0 bridgehead atoms. The van der Waals surface area contributed by atoms with Crippen molar-refractivity contribution >= 4 is 34.0 Å². The second kappa shape index (κ2) is 8.47. The number of nitrogens with zero attached hydrogens (tertiary/aromatic N) is 8. The molecule has 6 rings (SSSR count). The molecule has 0 aliphatic carbocycles. The molecule has 0 unspecified atom stereocenters. The van der Waals surface area contributed by atoms with Crippen molar-refractivity contribution in [2.24, 2.45) is 0 Å². The summed E-state index contributed by atoms with van der Waals surface area (Å²) < 4.78 is 14.0. The molecule has 0 atom stereocenters. The highest BCUT2D eigenvalue weighted by Gasteiger charge is 2.21. The van der Waals surface area contributed by atoms with Gasteiger partial charge in [-0.15, -0.1) is 0 Å². The number of carbonyl (C=O) groups is 1. The molecule has 0 saturated carbocycles. The lowest BCUT2D eigenvalue weighted by molar-refractivity contribution is 0.102. The SMILES string of the molecule is CCn1ncc(-c2ccnc3cc(C(=O)Nc4ccc(N5CCOCC5)c5nonc45)nn23)c1C. The molecule has 0 spiro atoms. The van der Waals surface area contributed by atoms with Crippen molar-refractivity contribution in [3.8, 4) is 11.3 Å². The van der Waals surface area contributed by atoms with E-state index in [1.54, 1.807) is 29.0 Å². The lowest BCUT2D eigenvalue weighted by Crippen LogP contribution is -2.36. The summed E-state index contributed by atoms with van der Waals surface area (Å²) in [6.07, 6.45) is 3.51. The number of aromatic nitrogens is 7. The maximum atomic E-state index is 13.2. The van der Waals surface area contributed by atoms with Crippen LogP contribution in [0.25, 0.3) is 27.9 Å². The van der Waals surface area contributed by atoms with Gasteiger partial charge in [-0.2, -0.15) is 10.2 Å². The van der Waals surface area contributed by atoms with Crippen LogP contribution in [0.3, 0.4) is 0 Å². The van der Waals surface area contributed by atoms with Crippen molar-refractivity contribution in [3.63, 3.8) is 0 Å². The van der Waals surface area contributed by atoms with Crippen LogP contribution in [0.4, 0.5) is 11.4 Å². The molecule has 1 saturated heterocycles. The van der Waals surface area contributed by atoms with Gasteiger partial charge in [-0.1, -0.05) is 0 Å². The molecule has 12 heteroatoms. The topological polar surface area (TPSA) is 128 Å². The first kappa shape index (κ1) is 21.2. The van der Waals surface area contributed by atoms with Gasteiger partial charge in [0.1, 0.15) is 0 Å². The first-order valence-electron chi connectivity index (χ1n) is 11.4. The van der Waals surface area contributed by atoms with Crippen molar-refractivity contribution in [3.05, 3.63) is 48.0 Å². The monoisotopic (exact) mass is 473 g/mol. The summed E-state index contributed by atoms with van der Waals surface area (Å²) in [5, 5.41) is 20.0. The van der Waals surface area contributed by atoms with Crippen LogP contribution in [0.5, 0.6) is 0 Å². The lowest BCUT2D eigenvalue weighted by Gasteiger charge is -2.28. The van der Waals surface area contributed by atoms with Crippen LogP contribution < -0.4 is 10.2 Å². The van der Waals surface area contributed by atoms with Gasteiger partial charge >= 0.3 is 0 Å². The Labute approximate surface area is 199 Å². The van der Waals surface area contributed by atoms with Crippen LogP contribution in [0.2, 0.25) is 0 Å². The second-order valence-electron chi connectivity index (χ2n) is 8.24. The molecule has 5 aromatic rings. The summed E-state index contributed by atoms with van der Waals surface area (Å²) in [7, 11) is 0. The number of fused-ring (bicyclic) bond motifs is 2. The summed E-state index contributed by atoms with van der Waals surface area (Å²) in [6, 6.07) is 7.22. The highest BCUT2D eigenvalue weighted by atomic mass is 16.6. The van der Waals surface area contributed by atoms with E-state index < -0.39 is 0 Å². The van der Waals surface area contributed by atoms with E-state index in [1.165, 1.54) is 0 Å². The molecule has 1 amide bonds. The molecule has 5 heterocycles. The minimum absolute atomic E-state index is 0.229. The molecule has 1 fully saturated rings. The highest BCUT2D eigenvalue weighted by Crippen LogP contribution is 2.31. The molecule has 1 aliphatic heterocycles. The zero-order chi connectivity index (χ0) is 23.9. The Balaban J connectivity index is 1.32. The Morgan fingerprint density at radius 3 is 2.77 bits per heavy atom. The van der Waals surface area contributed by atoms with Gasteiger partial charge in [-0.25, -0.2) is 14.1 Å². The maximum absolute atomic E-state index is 13.2. The molecule has 0 radical (unpaired) electrons. The number of carbonyl (C=O) groups excluding carboxylic acids is 1. The molecular weight excluding hydrogens is 450 g/mol. The number of anilines is 2. The fraction of sp³-hybridized carbons (Fsp3) is 0.304. The zero-order valence-corrected chi connectivity index (χ0v) is 19.3. The number of hydrogen-bond acceptors (Lipinski definition) is 9. The maximum Gasteiger partial charge on any atom is 0.276 e. The van der Waals surface area contributed by atoms with Crippen LogP contribution in [-0.2, 0) is 11.3 Å². The van der Waals surface area contributed by atoms with E-state index in [4.69, 9.17) is 9.37 Å². The predicted molar refractivity (Wildman–Crippen MR) is 127 cm³/mol. The Kier molecular flexibility index (Phi) is 5.14. The average Bonchev–Trinajstić information content (AvgIpc) is 3.63. The molecule has 4 aromatic heterocycles. The van der Waals surface area contributed by atoms with E-state index in [0.29, 0.717) is 35.6 Å². The molecule has 35 heavy (non-hydrogen) atoms. The number of aryl methyl sites for hydroxylation is 1. The quantitative estimate of drug-likeness (QED) is 0.409. The van der Waals surface area contributed by atoms with Crippen molar-refractivity contribution in [2.45, 2.75) is 20.4 Å². The van der Waals surface area contributed by atoms with Gasteiger partial charge < -0.3 is 15.0 Å². The number of rotatable bonds is 5. The number of benzene rings is 1. The fourth-order valence-corrected chi connectivity index (χ4v) is 4.43. The highest BCUT2D eigenvalue weighted by molar-refractivity contribution is 6.08. The third-order valence-corrected chi connectivity index (χ3v) is 6.26. The van der Waals surface area contributed by atoms with Crippen molar-refractivity contribution in [1.29, 1.82) is 0 Å². The van der Waals surface area contributed by atoms with Gasteiger partial charge in [0.25, 0.3) is 5.91 Å². The summed E-state index contributed by atoms with van der Waals surface area (Å²) in [5.74, 6) is -0.383. The van der Waals surface area contributed by atoms with Crippen LogP contribution in [0.15, 0.2) is 41.3 Å².